The molecule has 2 heterocycles. The number of anilines is 1. The van der Waals surface area contributed by atoms with Gasteiger partial charge in [0.05, 0.1) is 43.2 Å². The van der Waals surface area contributed by atoms with E-state index in [1.165, 1.54) is 19.2 Å². The first kappa shape index (κ1) is 29.5. The Bertz CT molecular complexity index is 1490. The van der Waals surface area contributed by atoms with Gasteiger partial charge < -0.3 is 19.3 Å². The quantitative estimate of drug-likeness (QED) is 0.113. The van der Waals surface area contributed by atoms with Crippen LogP contribution in [0.3, 0.4) is 0 Å². The Labute approximate surface area is 241 Å². The summed E-state index contributed by atoms with van der Waals surface area (Å²) in [6.45, 7) is 6.05. The molecule has 1 amide bonds. The molecule has 214 valence electrons. The van der Waals surface area contributed by atoms with Gasteiger partial charge in [-0.3, -0.25) is 14.5 Å². The predicted molar refractivity (Wildman–Crippen MR) is 152 cm³/mol. The molecule has 1 aliphatic heterocycles. The number of aryl methyl sites for hydroxylation is 1. The number of aliphatic hydroxyl groups is 1. The number of unbranched alkanes of at least 4 members (excludes halogenated alkanes) is 1. The topological polar surface area (TPSA) is 132 Å². The first-order chi connectivity index (χ1) is 19.7. The minimum Gasteiger partial charge on any atom is -0.507 e. The van der Waals surface area contributed by atoms with Crippen LogP contribution in [0.5, 0.6) is 5.75 Å². The van der Waals surface area contributed by atoms with Crippen LogP contribution in [0.15, 0.2) is 54.1 Å². The zero-order valence-electron chi connectivity index (χ0n) is 23.1. The molecule has 11 heteroatoms. The molecule has 3 aromatic rings. The molecule has 1 aliphatic rings. The van der Waals surface area contributed by atoms with Crippen molar-refractivity contribution >= 4 is 45.9 Å². The van der Waals surface area contributed by atoms with Crippen molar-refractivity contribution in [2.45, 2.75) is 39.7 Å². The van der Waals surface area contributed by atoms with Gasteiger partial charge in [-0.05, 0) is 62.2 Å². The van der Waals surface area contributed by atoms with Crippen molar-refractivity contribution in [3.63, 3.8) is 0 Å². The SMILES string of the molecule is CCCCOc1ccc(/C(O)=C2/C(=O)C(=O)N(c3nc(C)c(C(=O)OCC)s3)C2c2ccc(C(=O)OC)cc2)cc1. The zero-order chi connectivity index (χ0) is 29.7. The highest BCUT2D eigenvalue weighted by atomic mass is 32.1. The summed E-state index contributed by atoms with van der Waals surface area (Å²) in [5, 5.41) is 11.5. The van der Waals surface area contributed by atoms with E-state index in [-0.39, 0.29) is 33.5 Å². The van der Waals surface area contributed by atoms with Gasteiger partial charge in [-0.15, -0.1) is 0 Å². The number of ether oxygens (including phenoxy) is 3. The average molecular weight is 579 g/mol. The largest absolute Gasteiger partial charge is 0.507 e. The van der Waals surface area contributed by atoms with E-state index in [1.54, 1.807) is 50.2 Å². The van der Waals surface area contributed by atoms with Crippen molar-refractivity contribution < 1.29 is 38.5 Å². The van der Waals surface area contributed by atoms with Gasteiger partial charge in [0.15, 0.2) is 5.13 Å². The van der Waals surface area contributed by atoms with Crippen molar-refractivity contribution in [3.8, 4) is 5.75 Å². The van der Waals surface area contributed by atoms with E-state index in [2.05, 4.69) is 11.9 Å². The highest BCUT2D eigenvalue weighted by molar-refractivity contribution is 7.17. The van der Waals surface area contributed by atoms with Crippen molar-refractivity contribution in [2.75, 3.05) is 25.2 Å². The van der Waals surface area contributed by atoms with Gasteiger partial charge >= 0.3 is 17.8 Å². The molecular weight excluding hydrogens is 548 g/mol. The number of carbonyl (C=O) groups excluding carboxylic acids is 4. The molecule has 1 saturated heterocycles. The lowest BCUT2D eigenvalue weighted by Crippen LogP contribution is -2.29. The first-order valence-corrected chi connectivity index (χ1v) is 13.9. The molecular formula is C30H30N2O8S. The summed E-state index contributed by atoms with van der Waals surface area (Å²) in [5.41, 5.74) is 1.18. The fourth-order valence-electron chi connectivity index (χ4n) is 4.33. The number of aromatic nitrogens is 1. The second-order valence-corrected chi connectivity index (χ2v) is 10.1. The third kappa shape index (κ3) is 5.99. The van der Waals surface area contributed by atoms with E-state index in [0.717, 1.165) is 29.1 Å². The number of nitrogens with zero attached hydrogens (tertiary/aromatic N) is 2. The van der Waals surface area contributed by atoms with E-state index in [4.69, 9.17) is 14.2 Å². The number of thiazole rings is 1. The second-order valence-electron chi connectivity index (χ2n) is 9.14. The number of benzene rings is 2. The molecule has 1 unspecified atom stereocenters. The molecule has 1 N–H and O–H groups in total. The summed E-state index contributed by atoms with van der Waals surface area (Å²) in [7, 11) is 1.26. The van der Waals surface area contributed by atoms with Crippen molar-refractivity contribution in [3.05, 3.63) is 81.4 Å². The number of hydrogen-bond donors (Lipinski definition) is 1. The van der Waals surface area contributed by atoms with Gasteiger partial charge in [-0.2, -0.15) is 0 Å². The maximum Gasteiger partial charge on any atom is 0.350 e. The van der Waals surface area contributed by atoms with Gasteiger partial charge in [0.1, 0.15) is 16.4 Å². The van der Waals surface area contributed by atoms with Gasteiger partial charge in [0.2, 0.25) is 0 Å². The third-order valence-corrected chi connectivity index (χ3v) is 7.58. The molecule has 2 aromatic carbocycles. The Morgan fingerprint density at radius 1 is 1.00 bits per heavy atom. The summed E-state index contributed by atoms with van der Waals surface area (Å²) >= 11 is 0.914. The molecule has 1 aromatic heterocycles. The summed E-state index contributed by atoms with van der Waals surface area (Å²) in [6.07, 6.45) is 1.88. The number of rotatable bonds is 10. The molecule has 10 nitrogen and oxygen atoms in total. The third-order valence-electron chi connectivity index (χ3n) is 6.44. The number of carbonyl (C=O) groups is 4. The fraction of sp³-hybridized carbons (Fsp3) is 0.300. The zero-order valence-corrected chi connectivity index (χ0v) is 23.9. The van der Waals surface area contributed by atoms with Crippen LogP contribution in [0.25, 0.3) is 5.76 Å². The monoisotopic (exact) mass is 578 g/mol. The number of methoxy groups -OCH3 is 1. The van der Waals surface area contributed by atoms with Crippen molar-refractivity contribution in [1.82, 2.24) is 4.98 Å². The fourth-order valence-corrected chi connectivity index (χ4v) is 5.32. The van der Waals surface area contributed by atoms with Gasteiger partial charge in [0, 0.05) is 5.56 Å². The number of hydrogen-bond acceptors (Lipinski definition) is 10. The van der Waals surface area contributed by atoms with Crippen LogP contribution in [-0.4, -0.2) is 54.0 Å². The normalized spacial score (nSPS) is 16.1. The number of esters is 2. The maximum atomic E-state index is 13.5. The number of amides is 1. The van der Waals surface area contributed by atoms with Crippen LogP contribution >= 0.6 is 11.3 Å². The molecule has 41 heavy (non-hydrogen) atoms. The Hall–Kier alpha value is -4.51. The van der Waals surface area contributed by atoms with Crippen LogP contribution < -0.4 is 9.64 Å². The summed E-state index contributed by atoms with van der Waals surface area (Å²) < 4.78 is 15.6. The summed E-state index contributed by atoms with van der Waals surface area (Å²) in [5.74, 6) is -2.76. The second kappa shape index (κ2) is 12.8. The lowest BCUT2D eigenvalue weighted by Gasteiger charge is -2.23. The van der Waals surface area contributed by atoms with Crippen LogP contribution in [0, 0.1) is 6.92 Å². The lowest BCUT2D eigenvalue weighted by molar-refractivity contribution is -0.132. The predicted octanol–water partition coefficient (Wildman–Crippen LogP) is 5.22. The minimum atomic E-state index is -1.09. The van der Waals surface area contributed by atoms with Crippen LogP contribution in [-0.2, 0) is 19.1 Å². The molecule has 0 spiro atoms. The Balaban J connectivity index is 1.82. The Kier molecular flexibility index (Phi) is 9.18. The molecule has 0 bridgehead atoms. The molecule has 0 radical (unpaired) electrons. The molecule has 1 fully saturated rings. The number of Topliss-reactive ketones (excluding diaryl/α,β-unsaturated/α-hetero) is 1. The molecule has 0 aliphatic carbocycles. The summed E-state index contributed by atoms with van der Waals surface area (Å²) in [6, 6.07) is 11.6. The minimum absolute atomic E-state index is 0.0911. The van der Waals surface area contributed by atoms with E-state index in [0.29, 0.717) is 29.2 Å². The van der Waals surface area contributed by atoms with Crippen LogP contribution in [0.1, 0.15) is 69.6 Å². The van der Waals surface area contributed by atoms with E-state index in [9.17, 15) is 24.3 Å². The summed E-state index contributed by atoms with van der Waals surface area (Å²) in [4.78, 5) is 57.1. The van der Waals surface area contributed by atoms with E-state index in [1.807, 2.05) is 0 Å². The van der Waals surface area contributed by atoms with Gasteiger partial charge in [-0.25, -0.2) is 14.6 Å². The highest BCUT2D eigenvalue weighted by Crippen LogP contribution is 2.44. The standard InChI is InChI=1S/C30H30N2O8S/c1-5-7-16-40-21-14-12-19(13-15-21)24(33)22-23(18-8-10-20(11-9-18)28(36)38-4)32(27(35)25(22)34)30-31-17(3)26(41-30)29(37)39-6-2/h8-15,23,33H,5-7,16H2,1-4H3/b24-22-. The van der Waals surface area contributed by atoms with Gasteiger partial charge in [-0.1, -0.05) is 36.8 Å². The highest BCUT2D eigenvalue weighted by Gasteiger charge is 2.48. The number of aliphatic hydroxyl groups excluding tert-OH is 1. The maximum absolute atomic E-state index is 13.5. The lowest BCUT2D eigenvalue weighted by atomic mass is 9.94. The van der Waals surface area contributed by atoms with Gasteiger partial charge in [0.25, 0.3) is 5.78 Å². The Morgan fingerprint density at radius 2 is 1.66 bits per heavy atom. The molecule has 1 atom stereocenters. The van der Waals surface area contributed by atoms with Crippen molar-refractivity contribution in [1.29, 1.82) is 0 Å². The average Bonchev–Trinajstić information content (AvgIpc) is 3.49. The van der Waals surface area contributed by atoms with Crippen molar-refractivity contribution in [2.24, 2.45) is 0 Å². The molecule has 4 rings (SSSR count). The van der Waals surface area contributed by atoms with E-state index >= 15 is 0 Å². The smallest absolute Gasteiger partial charge is 0.350 e. The molecule has 0 saturated carbocycles. The first-order valence-electron chi connectivity index (χ1n) is 13.1. The Morgan fingerprint density at radius 3 is 2.27 bits per heavy atom. The number of ketones is 1. The van der Waals surface area contributed by atoms with E-state index < -0.39 is 29.7 Å². The van der Waals surface area contributed by atoms with Crippen LogP contribution in [0.4, 0.5) is 5.13 Å². The van der Waals surface area contributed by atoms with Crippen LogP contribution in [0.2, 0.25) is 0 Å².